The average molecular weight is 218 g/mol. The van der Waals surface area contributed by atoms with E-state index < -0.39 is 9.84 Å². The summed E-state index contributed by atoms with van der Waals surface area (Å²) in [6.45, 7) is 3.00. The number of nitrogens with one attached hydrogen (secondary N) is 1. The van der Waals surface area contributed by atoms with Gasteiger partial charge in [0.1, 0.15) is 0 Å². The Bertz CT molecular complexity index is 298. The molecule has 0 radical (unpaired) electrons. The lowest BCUT2D eigenvalue weighted by molar-refractivity contribution is 0.384. The van der Waals surface area contributed by atoms with Gasteiger partial charge in [-0.2, -0.15) is 0 Å². The molecule has 0 bridgehead atoms. The second-order valence-electron chi connectivity index (χ2n) is 3.63. The highest BCUT2D eigenvalue weighted by Gasteiger charge is 2.17. The van der Waals surface area contributed by atoms with Crippen LogP contribution in [0, 0.1) is 5.41 Å². The third-order valence-electron chi connectivity index (χ3n) is 2.59. The van der Waals surface area contributed by atoms with Crippen molar-refractivity contribution in [1.82, 2.24) is 4.90 Å². The second-order valence-corrected chi connectivity index (χ2v) is 6.10. The fourth-order valence-corrected chi connectivity index (χ4v) is 2.32. The Balaban J connectivity index is 2.40. The van der Waals surface area contributed by atoms with Gasteiger partial charge in [0.25, 0.3) is 0 Å². The van der Waals surface area contributed by atoms with Gasteiger partial charge in [-0.25, -0.2) is 8.42 Å². The molecular formula is C9H18N2O2S. The van der Waals surface area contributed by atoms with E-state index in [1.807, 2.05) is 4.90 Å². The van der Waals surface area contributed by atoms with Gasteiger partial charge in [-0.15, -0.1) is 0 Å². The SMILES string of the molecule is CCS(=O)(=O)CCN1CCCCC1=N. The monoisotopic (exact) mass is 218 g/mol. The molecule has 0 aromatic carbocycles. The molecule has 1 saturated heterocycles. The van der Waals surface area contributed by atoms with Gasteiger partial charge in [-0.1, -0.05) is 6.92 Å². The molecule has 0 unspecified atom stereocenters. The van der Waals surface area contributed by atoms with Gasteiger partial charge in [0, 0.05) is 25.3 Å². The first kappa shape index (κ1) is 11.5. The Morgan fingerprint density at radius 2 is 2.14 bits per heavy atom. The Morgan fingerprint density at radius 1 is 1.43 bits per heavy atom. The Morgan fingerprint density at radius 3 is 2.71 bits per heavy atom. The third kappa shape index (κ3) is 3.29. The molecule has 0 amide bonds. The number of nitrogens with zero attached hydrogens (tertiary/aromatic N) is 1. The molecule has 1 heterocycles. The zero-order valence-electron chi connectivity index (χ0n) is 8.62. The maximum atomic E-state index is 11.3. The van der Waals surface area contributed by atoms with Crippen molar-refractivity contribution in [2.75, 3.05) is 24.6 Å². The van der Waals surface area contributed by atoms with Crippen LogP contribution in [0.1, 0.15) is 26.2 Å². The predicted molar refractivity (Wildman–Crippen MR) is 57.5 cm³/mol. The molecule has 5 heteroatoms. The van der Waals surface area contributed by atoms with Crippen LogP contribution >= 0.6 is 0 Å². The van der Waals surface area contributed by atoms with Gasteiger partial charge < -0.3 is 4.90 Å². The van der Waals surface area contributed by atoms with Gasteiger partial charge in [0.15, 0.2) is 9.84 Å². The van der Waals surface area contributed by atoms with Crippen molar-refractivity contribution in [3.63, 3.8) is 0 Å². The van der Waals surface area contributed by atoms with Crippen LogP contribution < -0.4 is 0 Å². The van der Waals surface area contributed by atoms with Crippen molar-refractivity contribution in [2.24, 2.45) is 0 Å². The van der Waals surface area contributed by atoms with Crippen molar-refractivity contribution in [2.45, 2.75) is 26.2 Å². The zero-order chi connectivity index (χ0) is 10.6. The second kappa shape index (κ2) is 4.77. The molecule has 1 rings (SSSR count). The van der Waals surface area contributed by atoms with E-state index >= 15 is 0 Å². The summed E-state index contributed by atoms with van der Waals surface area (Å²) in [6.07, 6.45) is 2.94. The minimum absolute atomic E-state index is 0.186. The molecule has 82 valence electrons. The smallest absolute Gasteiger partial charge is 0.151 e. The van der Waals surface area contributed by atoms with Crippen molar-refractivity contribution in [3.8, 4) is 0 Å². The molecule has 1 aliphatic rings. The molecule has 1 N–H and O–H groups in total. The van der Waals surface area contributed by atoms with Crippen molar-refractivity contribution >= 4 is 15.7 Å². The first-order valence-corrected chi connectivity index (χ1v) is 6.90. The van der Waals surface area contributed by atoms with Crippen LogP contribution in [-0.4, -0.2) is 43.7 Å². The van der Waals surface area contributed by atoms with Crippen LogP contribution in [0.15, 0.2) is 0 Å². The highest BCUT2D eigenvalue weighted by Crippen LogP contribution is 2.10. The average Bonchev–Trinajstić information content (AvgIpc) is 2.17. The Kier molecular flexibility index (Phi) is 3.92. The molecule has 0 atom stereocenters. The van der Waals surface area contributed by atoms with E-state index in [1.165, 1.54) is 0 Å². The first-order valence-electron chi connectivity index (χ1n) is 5.08. The number of hydrogen-bond donors (Lipinski definition) is 1. The van der Waals surface area contributed by atoms with Gasteiger partial charge in [-0.05, 0) is 12.8 Å². The molecule has 0 aromatic rings. The lowest BCUT2D eigenvalue weighted by atomic mass is 10.1. The lowest BCUT2D eigenvalue weighted by Gasteiger charge is -2.28. The van der Waals surface area contributed by atoms with Gasteiger partial charge >= 0.3 is 0 Å². The molecule has 0 aromatic heterocycles. The molecule has 1 fully saturated rings. The molecule has 1 aliphatic heterocycles. The molecule has 14 heavy (non-hydrogen) atoms. The van der Waals surface area contributed by atoms with Crippen LogP contribution in [0.4, 0.5) is 0 Å². The van der Waals surface area contributed by atoms with E-state index in [4.69, 9.17) is 5.41 Å². The highest BCUT2D eigenvalue weighted by molar-refractivity contribution is 7.91. The molecule has 0 spiro atoms. The summed E-state index contributed by atoms with van der Waals surface area (Å²) < 4.78 is 22.5. The zero-order valence-corrected chi connectivity index (χ0v) is 9.44. The summed E-state index contributed by atoms with van der Waals surface area (Å²) in [4.78, 5) is 1.89. The van der Waals surface area contributed by atoms with Crippen LogP contribution in [0.25, 0.3) is 0 Å². The van der Waals surface area contributed by atoms with Crippen LogP contribution in [0.5, 0.6) is 0 Å². The fourth-order valence-electron chi connectivity index (χ4n) is 1.53. The number of amidine groups is 1. The topological polar surface area (TPSA) is 61.2 Å². The summed E-state index contributed by atoms with van der Waals surface area (Å²) in [5.74, 6) is 0.989. The van der Waals surface area contributed by atoms with Crippen LogP contribution in [0.3, 0.4) is 0 Å². The van der Waals surface area contributed by atoms with Crippen molar-refractivity contribution in [3.05, 3.63) is 0 Å². The number of piperidine rings is 1. The predicted octanol–water partition coefficient (Wildman–Crippen LogP) is 0.884. The van der Waals surface area contributed by atoms with Crippen LogP contribution in [-0.2, 0) is 9.84 Å². The number of sulfone groups is 1. The summed E-state index contributed by atoms with van der Waals surface area (Å²) in [5.41, 5.74) is 0. The van der Waals surface area contributed by atoms with Gasteiger partial charge in [-0.3, -0.25) is 5.41 Å². The Labute approximate surface area is 85.7 Å². The number of hydrogen-bond acceptors (Lipinski definition) is 3. The molecule has 0 aliphatic carbocycles. The van der Waals surface area contributed by atoms with Crippen molar-refractivity contribution < 1.29 is 8.42 Å². The summed E-state index contributed by atoms with van der Waals surface area (Å²) in [5, 5.41) is 7.64. The maximum Gasteiger partial charge on any atom is 0.151 e. The van der Waals surface area contributed by atoms with E-state index in [0.29, 0.717) is 12.4 Å². The van der Waals surface area contributed by atoms with E-state index in [9.17, 15) is 8.42 Å². The minimum atomic E-state index is -2.88. The van der Waals surface area contributed by atoms with E-state index in [-0.39, 0.29) is 11.5 Å². The summed E-state index contributed by atoms with van der Waals surface area (Å²) >= 11 is 0. The minimum Gasteiger partial charge on any atom is -0.360 e. The molecule has 4 nitrogen and oxygen atoms in total. The van der Waals surface area contributed by atoms with E-state index in [0.717, 1.165) is 25.8 Å². The quantitative estimate of drug-likeness (QED) is 0.762. The van der Waals surface area contributed by atoms with E-state index in [2.05, 4.69) is 0 Å². The molecular weight excluding hydrogens is 200 g/mol. The lowest BCUT2D eigenvalue weighted by Crippen LogP contribution is -2.38. The van der Waals surface area contributed by atoms with Crippen LogP contribution in [0.2, 0.25) is 0 Å². The number of likely N-dealkylation sites (tertiary alicyclic amines) is 1. The number of rotatable bonds is 4. The van der Waals surface area contributed by atoms with Crippen molar-refractivity contribution in [1.29, 1.82) is 5.41 Å². The standard InChI is InChI=1S/C9H18N2O2S/c1-2-14(12,13)8-7-11-6-4-3-5-9(11)10/h10H,2-8H2,1H3. The third-order valence-corrected chi connectivity index (χ3v) is 4.27. The largest absolute Gasteiger partial charge is 0.360 e. The van der Waals surface area contributed by atoms with Gasteiger partial charge in [0.05, 0.1) is 11.6 Å². The first-order chi connectivity index (χ1) is 6.55. The molecule has 0 saturated carbocycles. The van der Waals surface area contributed by atoms with E-state index in [1.54, 1.807) is 6.92 Å². The highest BCUT2D eigenvalue weighted by atomic mass is 32.2. The normalized spacial score (nSPS) is 18.6. The summed E-state index contributed by atoms with van der Waals surface area (Å²) in [7, 11) is -2.88. The summed E-state index contributed by atoms with van der Waals surface area (Å²) in [6, 6.07) is 0. The fraction of sp³-hybridized carbons (Fsp3) is 0.889. The van der Waals surface area contributed by atoms with Gasteiger partial charge in [0.2, 0.25) is 0 Å². The maximum absolute atomic E-state index is 11.3. The Hall–Kier alpha value is -0.580.